The molecule has 290 valence electrons. The normalized spacial score (nSPS) is 21.1. The molecule has 1 saturated heterocycles. The summed E-state index contributed by atoms with van der Waals surface area (Å²) in [6, 6.07) is 48.2. The molecular formula is C47H50N2O7. The van der Waals surface area contributed by atoms with Crippen LogP contribution < -0.4 is 10.1 Å². The smallest absolute Gasteiger partial charge is 0.229 e. The largest absolute Gasteiger partial charge is 0.497 e. The summed E-state index contributed by atoms with van der Waals surface area (Å²) in [6.07, 6.45) is -0.578. The molecule has 1 fully saturated rings. The highest BCUT2D eigenvalue weighted by atomic mass is 16.7. The molecule has 0 bridgehead atoms. The van der Waals surface area contributed by atoms with Gasteiger partial charge < -0.3 is 38.5 Å². The van der Waals surface area contributed by atoms with E-state index in [2.05, 4.69) is 17.4 Å². The molecule has 7 rings (SSSR count). The maximum atomic E-state index is 7.00. The molecule has 5 aromatic carbocycles. The van der Waals surface area contributed by atoms with Crippen molar-refractivity contribution in [1.29, 1.82) is 0 Å². The van der Waals surface area contributed by atoms with E-state index in [4.69, 9.17) is 38.2 Å². The van der Waals surface area contributed by atoms with Crippen LogP contribution in [0.25, 0.3) is 5.76 Å². The standard InChI is InChI=1S/C47H50N2O7/c1-50-40-25-23-39(24-26-40)41(29-43-48-27-14-28-49-43)55-47-46(54-33-38-21-12-5-13-22-38)45(53-32-37-19-10-4-11-20-37)44(52-31-36-17-8-3-9-18-36)42(56-47)34-51-30-35-15-6-2-7-16-35/h2-13,15-26,29,42,44-47H,14,27-28,30-34H2,1H3,(H,48,49)/b41-29+/t42-,44-,45+,46-,47+/m1/s1. The molecule has 0 aromatic heterocycles. The Labute approximate surface area is 329 Å². The van der Waals surface area contributed by atoms with Crippen molar-refractivity contribution in [1.82, 2.24) is 5.32 Å². The number of benzene rings is 5. The van der Waals surface area contributed by atoms with E-state index in [1.165, 1.54) is 0 Å². The number of nitrogens with one attached hydrogen (secondary N) is 1. The van der Waals surface area contributed by atoms with Gasteiger partial charge in [0.1, 0.15) is 41.8 Å². The van der Waals surface area contributed by atoms with Crippen molar-refractivity contribution >= 4 is 11.6 Å². The van der Waals surface area contributed by atoms with Crippen molar-refractivity contribution < 1.29 is 33.2 Å². The van der Waals surface area contributed by atoms with Gasteiger partial charge in [0, 0.05) is 24.7 Å². The molecule has 0 aliphatic carbocycles. The van der Waals surface area contributed by atoms with E-state index < -0.39 is 30.7 Å². The minimum absolute atomic E-state index is 0.223. The average Bonchev–Trinajstić information content (AvgIpc) is 3.26. The monoisotopic (exact) mass is 754 g/mol. The topological polar surface area (TPSA) is 89.0 Å². The highest BCUT2D eigenvalue weighted by Crippen LogP contribution is 2.34. The average molecular weight is 755 g/mol. The Balaban J connectivity index is 1.26. The minimum Gasteiger partial charge on any atom is -0.497 e. The number of hydrogen-bond acceptors (Lipinski definition) is 9. The molecule has 2 heterocycles. The van der Waals surface area contributed by atoms with Crippen LogP contribution in [0, 0.1) is 0 Å². The van der Waals surface area contributed by atoms with E-state index >= 15 is 0 Å². The maximum absolute atomic E-state index is 7.00. The summed E-state index contributed by atoms with van der Waals surface area (Å²) in [6.45, 7) is 3.15. The van der Waals surface area contributed by atoms with Gasteiger partial charge in [0.15, 0.2) is 0 Å². The Morgan fingerprint density at radius 3 is 1.68 bits per heavy atom. The Kier molecular flexibility index (Phi) is 14.3. The lowest BCUT2D eigenvalue weighted by molar-refractivity contribution is -0.315. The van der Waals surface area contributed by atoms with Gasteiger partial charge in [-0.25, -0.2) is 0 Å². The molecule has 0 amide bonds. The fourth-order valence-corrected chi connectivity index (χ4v) is 6.68. The summed E-state index contributed by atoms with van der Waals surface area (Å²) in [4.78, 5) is 4.73. The second-order valence-electron chi connectivity index (χ2n) is 13.7. The highest BCUT2D eigenvalue weighted by Gasteiger charge is 2.50. The van der Waals surface area contributed by atoms with Crippen molar-refractivity contribution in [3.8, 4) is 5.75 Å². The Morgan fingerprint density at radius 1 is 0.643 bits per heavy atom. The van der Waals surface area contributed by atoms with E-state index in [1.54, 1.807) is 7.11 Å². The maximum Gasteiger partial charge on any atom is 0.229 e. The molecule has 9 nitrogen and oxygen atoms in total. The van der Waals surface area contributed by atoms with Crippen molar-refractivity contribution in [2.75, 3.05) is 26.8 Å². The molecule has 56 heavy (non-hydrogen) atoms. The zero-order valence-corrected chi connectivity index (χ0v) is 31.8. The van der Waals surface area contributed by atoms with Gasteiger partial charge in [-0.3, -0.25) is 4.99 Å². The van der Waals surface area contributed by atoms with Gasteiger partial charge in [-0.05, 0) is 52.9 Å². The molecule has 0 spiro atoms. The third kappa shape index (κ3) is 11.2. The van der Waals surface area contributed by atoms with Gasteiger partial charge in [-0.1, -0.05) is 121 Å². The summed E-state index contributed by atoms with van der Waals surface area (Å²) in [5, 5.41) is 3.41. The van der Waals surface area contributed by atoms with Crippen LogP contribution in [0.1, 0.15) is 34.2 Å². The first-order chi connectivity index (χ1) is 27.7. The van der Waals surface area contributed by atoms with Crippen LogP contribution in [0.15, 0.2) is 157 Å². The van der Waals surface area contributed by atoms with E-state index in [0.29, 0.717) is 32.2 Å². The lowest BCUT2D eigenvalue weighted by Gasteiger charge is -2.46. The molecule has 9 heteroatoms. The molecule has 0 saturated carbocycles. The molecule has 1 N–H and O–H groups in total. The van der Waals surface area contributed by atoms with Gasteiger partial charge in [0.25, 0.3) is 0 Å². The van der Waals surface area contributed by atoms with Crippen molar-refractivity contribution in [2.24, 2.45) is 4.99 Å². The van der Waals surface area contributed by atoms with Crippen LogP contribution in [-0.2, 0) is 54.8 Å². The van der Waals surface area contributed by atoms with Crippen LogP contribution in [0.5, 0.6) is 5.75 Å². The quantitative estimate of drug-likeness (QED) is 0.0898. The number of rotatable bonds is 18. The molecule has 5 aromatic rings. The predicted octanol–water partition coefficient (Wildman–Crippen LogP) is 8.14. The number of hydrogen-bond donors (Lipinski definition) is 1. The van der Waals surface area contributed by atoms with Crippen molar-refractivity contribution in [2.45, 2.75) is 63.6 Å². The first-order valence-electron chi connectivity index (χ1n) is 19.3. The highest BCUT2D eigenvalue weighted by molar-refractivity contribution is 5.98. The molecule has 2 aliphatic heterocycles. The lowest BCUT2D eigenvalue weighted by Crippen LogP contribution is -2.61. The number of methoxy groups -OCH3 is 1. The Bertz CT molecular complexity index is 1940. The summed E-state index contributed by atoms with van der Waals surface area (Å²) in [5.41, 5.74) is 4.95. The van der Waals surface area contributed by atoms with Crippen molar-refractivity contribution in [3.05, 3.63) is 179 Å². The van der Waals surface area contributed by atoms with E-state index in [9.17, 15) is 0 Å². The molecule has 0 unspecified atom stereocenters. The van der Waals surface area contributed by atoms with Gasteiger partial charge in [0.2, 0.25) is 6.29 Å². The summed E-state index contributed by atoms with van der Waals surface area (Å²) in [5.74, 6) is 2.04. The second-order valence-corrected chi connectivity index (χ2v) is 13.7. The zero-order valence-electron chi connectivity index (χ0n) is 31.8. The second kappa shape index (κ2) is 20.6. The van der Waals surface area contributed by atoms with Crippen molar-refractivity contribution in [3.63, 3.8) is 0 Å². The molecule has 0 radical (unpaired) electrons. The third-order valence-electron chi connectivity index (χ3n) is 9.65. The van der Waals surface area contributed by atoms with E-state index in [-0.39, 0.29) is 6.61 Å². The van der Waals surface area contributed by atoms with E-state index in [1.807, 2.05) is 140 Å². The van der Waals surface area contributed by atoms with Gasteiger partial charge >= 0.3 is 0 Å². The van der Waals surface area contributed by atoms with Crippen LogP contribution >= 0.6 is 0 Å². The Morgan fingerprint density at radius 2 is 1.16 bits per heavy atom. The molecule has 2 aliphatic rings. The van der Waals surface area contributed by atoms with Gasteiger partial charge in [-0.15, -0.1) is 0 Å². The van der Waals surface area contributed by atoms with Crippen LogP contribution in [0.3, 0.4) is 0 Å². The molecule has 5 atom stereocenters. The van der Waals surface area contributed by atoms with Crippen LogP contribution in [-0.4, -0.2) is 63.3 Å². The summed E-state index contributed by atoms with van der Waals surface area (Å²) in [7, 11) is 1.65. The summed E-state index contributed by atoms with van der Waals surface area (Å²) < 4.78 is 46.5. The first kappa shape index (κ1) is 39.0. The number of nitrogens with zero attached hydrogens (tertiary/aromatic N) is 1. The predicted molar refractivity (Wildman–Crippen MR) is 217 cm³/mol. The van der Waals surface area contributed by atoms with Gasteiger partial charge in [0.05, 0.1) is 40.1 Å². The SMILES string of the molecule is COc1ccc(/C(=C\C2=NCCCN2)O[C@H]2O[C@H](COCc3ccccc3)[C@@H](OCc3ccccc3)[C@H](OCc3ccccc3)[C@H]2OCc2ccccc2)cc1. The van der Waals surface area contributed by atoms with Crippen LogP contribution in [0.4, 0.5) is 0 Å². The fourth-order valence-electron chi connectivity index (χ4n) is 6.68. The third-order valence-corrected chi connectivity index (χ3v) is 9.65. The molecular weight excluding hydrogens is 705 g/mol. The number of ether oxygens (including phenoxy) is 7. The minimum atomic E-state index is -0.932. The first-order valence-corrected chi connectivity index (χ1v) is 19.3. The number of amidine groups is 1. The fraction of sp³-hybridized carbons (Fsp3) is 0.298. The zero-order chi connectivity index (χ0) is 38.2. The summed E-state index contributed by atoms with van der Waals surface area (Å²) >= 11 is 0. The van der Waals surface area contributed by atoms with Gasteiger partial charge in [-0.2, -0.15) is 0 Å². The lowest BCUT2D eigenvalue weighted by atomic mass is 9.97. The van der Waals surface area contributed by atoms with E-state index in [0.717, 1.165) is 58.9 Å². The number of aliphatic imine (C=N–C) groups is 1. The van der Waals surface area contributed by atoms with Crippen LogP contribution in [0.2, 0.25) is 0 Å². The Hall–Kier alpha value is -5.29.